The molecule has 1 atom stereocenters. The van der Waals surface area contributed by atoms with E-state index in [4.69, 9.17) is 0 Å². The third kappa shape index (κ3) is 2.55. The molecule has 0 aliphatic carbocycles. The number of hydrogen-bond acceptors (Lipinski definition) is 5. The summed E-state index contributed by atoms with van der Waals surface area (Å²) in [7, 11) is 0. The van der Waals surface area contributed by atoms with E-state index in [1.54, 1.807) is 0 Å². The summed E-state index contributed by atoms with van der Waals surface area (Å²) < 4.78 is 3.96. The van der Waals surface area contributed by atoms with Crippen LogP contribution in [0.4, 0.5) is 0 Å². The van der Waals surface area contributed by atoms with Crippen molar-refractivity contribution < 1.29 is 0 Å². The highest BCUT2D eigenvalue weighted by Gasteiger charge is 2.16. The average Bonchev–Trinajstić information content (AvgIpc) is 2.98. The highest BCUT2D eigenvalue weighted by molar-refractivity contribution is 7.03. The first-order valence-electron chi connectivity index (χ1n) is 6.65. The fraction of sp³-hybridized carbons (Fsp3) is 0.267. The van der Waals surface area contributed by atoms with Crippen molar-refractivity contribution in [3.63, 3.8) is 0 Å². The number of rotatable bonds is 4. The minimum absolute atomic E-state index is 0.0875. The van der Waals surface area contributed by atoms with Crippen LogP contribution in [0.5, 0.6) is 0 Å². The summed E-state index contributed by atoms with van der Waals surface area (Å²) >= 11 is 1.38. The number of nitrogens with zero attached hydrogens (tertiary/aromatic N) is 3. The van der Waals surface area contributed by atoms with E-state index >= 15 is 0 Å². The van der Waals surface area contributed by atoms with E-state index in [0.29, 0.717) is 0 Å². The zero-order valence-electron chi connectivity index (χ0n) is 11.5. The van der Waals surface area contributed by atoms with Gasteiger partial charge in [0.05, 0.1) is 17.3 Å². The molecule has 3 aromatic rings. The number of fused-ring (bicyclic) bond motifs is 1. The molecule has 0 amide bonds. The molecule has 0 spiro atoms. The quantitative estimate of drug-likeness (QED) is 0.800. The molecule has 0 fully saturated rings. The molecule has 5 heteroatoms. The second-order valence-corrected chi connectivity index (χ2v) is 5.34. The molecule has 0 radical (unpaired) electrons. The van der Waals surface area contributed by atoms with Crippen LogP contribution in [0.15, 0.2) is 35.7 Å². The number of aryl methyl sites for hydroxylation is 1. The van der Waals surface area contributed by atoms with Gasteiger partial charge in [-0.3, -0.25) is 4.98 Å². The Morgan fingerprint density at radius 1 is 1.25 bits per heavy atom. The monoisotopic (exact) mass is 284 g/mol. The Bertz CT molecular complexity index is 709. The first-order chi connectivity index (χ1) is 9.78. The standard InChI is InChI=1S/C15H16N4S/c1-3-16-15(14-9-20-19-18-14)12-6-7-13-11(8-12)5-4-10(2)17-13/h4-9,15-16H,3H2,1-2H3. The summed E-state index contributed by atoms with van der Waals surface area (Å²) in [6.45, 7) is 4.99. The summed E-state index contributed by atoms with van der Waals surface area (Å²) in [5.41, 5.74) is 4.23. The molecule has 0 saturated carbocycles. The summed E-state index contributed by atoms with van der Waals surface area (Å²) in [6.07, 6.45) is 0. The van der Waals surface area contributed by atoms with Gasteiger partial charge in [0.25, 0.3) is 0 Å². The molecule has 4 nitrogen and oxygen atoms in total. The van der Waals surface area contributed by atoms with Gasteiger partial charge in [0.1, 0.15) is 0 Å². The maximum atomic E-state index is 4.54. The predicted octanol–water partition coefficient (Wildman–Crippen LogP) is 3.09. The zero-order valence-corrected chi connectivity index (χ0v) is 12.3. The van der Waals surface area contributed by atoms with Crippen molar-refractivity contribution in [1.82, 2.24) is 19.9 Å². The average molecular weight is 284 g/mol. The molecule has 0 aliphatic heterocycles. The Kier molecular flexibility index (Phi) is 3.71. The number of pyridine rings is 1. The highest BCUT2D eigenvalue weighted by atomic mass is 32.1. The predicted molar refractivity (Wildman–Crippen MR) is 81.9 cm³/mol. The largest absolute Gasteiger partial charge is 0.305 e. The van der Waals surface area contributed by atoms with Gasteiger partial charge in [0, 0.05) is 16.5 Å². The van der Waals surface area contributed by atoms with Gasteiger partial charge >= 0.3 is 0 Å². The first-order valence-corrected chi connectivity index (χ1v) is 7.49. The van der Waals surface area contributed by atoms with Gasteiger partial charge in [0.15, 0.2) is 0 Å². The molecule has 3 rings (SSSR count). The normalized spacial score (nSPS) is 12.7. The van der Waals surface area contributed by atoms with Gasteiger partial charge in [-0.25, -0.2) is 0 Å². The van der Waals surface area contributed by atoms with Crippen molar-refractivity contribution in [2.24, 2.45) is 0 Å². The van der Waals surface area contributed by atoms with E-state index < -0.39 is 0 Å². The number of hydrogen-bond donors (Lipinski definition) is 1. The minimum atomic E-state index is 0.0875. The van der Waals surface area contributed by atoms with E-state index in [1.807, 2.05) is 18.4 Å². The van der Waals surface area contributed by atoms with Crippen molar-refractivity contribution in [1.29, 1.82) is 0 Å². The lowest BCUT2D eigenvalue weighted by molar-refractivity contribution is 0.614. The topological polar surface area (TPSA) is 50.7 Å². The Hall–Kier alpha value is -1.85. The highest BCUT2D eigenvalue weighted by Crippen LogP contribution is 2.24. The van der Waals surface area contributed by atoms with Crippen LogP contribution in [-0.4, -0.2) is 21.1 Å². The van der Waals surface area contributed by atoms with Crippen molar-refractivity contribution in [3.05, 3.63) is 52.7 Å². The summed E-state index contributed by atoms with van der Waals surface area (Å²) in [5, 5.41) is 10.8. The Morgan fingerprint density at radius 3 is 2.90 bits per heavy atom. The lowest BCUT2D eigenvalue weighted by atomic mass is 10.0. The number of nitrogens with one attached hydrogen (secondary N) is 1. The maximum absolute atomic E-state index is 4.54. The van der Waals surface area contributed by atoms with Crippen LogP contribution in [0.2, 0.25) is 0 Å². The lowest BCUT2D eigenvalue weighted by Gasteiger charge is -2.16. The van der Waals surface area contributed by atoms with Gasteiger partial charge in [0.2, 0.25) is 0 Å². The van der Waals surface area contributed by atoms with Crippen molar-refractivity contribution in [3.8, 4) is 0 Å². The van der Waals surface area contributed by atoms with Gasteiger partial charge in [-0.2, -0.15) is 0 Å². The molecule has 1 unspecified atom stereocenters. The van der Waals surface area contributed by atoms with Gasteiger partial charge in [-0.1, -0.05) is 23.5 Å². The van der Waals surface area contributed by atoms with Gasteiger partial charge < -0.3 is 5.32 Å². The van der Waals surface area contributed by atoms with Crippen LogP contribution in [-0.2, 0) is 0 Å². The molecule has 20 heavy (non-hydrogen) atoms. The molecule has 1 aromatic carbocycles. The fourth-order valence-corrected chi connectivity index (χ4v) is 2.80. The third-order valence-electron chi connectivity index (χ3n) is 3.27. The van der Waals surface area contributed by atoms with E-state index in [2.05, 4.69) is 51.1 Å². The van der Waals surface area contributed by atoms with E-state index in [-0.39, 0.29) is 6.04 Å². The molecular weight excluding hydrogens is 268 g/mol. The molecule has 0 aliphatic rings. The van der Waals surface area contributed by atoms with Crippen LogP contribution >= 0.6 is 11.5 Å². The molecule has 2 aromatic heterocycles. The molecular formula is C15H16N4S. The Balaban J connectivity index is 2.05. The van der Waals surface area contributed by atoms with E-state index in [9.17, 15) is 0 Å². The van der Waals surface area contributed by atoms with Crippen LogP contribution in [0.1, 0.15) is 29.9 Å². The molecule has 102 valence electrons. The lowest BCUT2D eigenvalue weighted by Crippen LogP contribution is -2.22. The smallest absolute Gasteiger partial charge is 0.0970 e. The Labute approximate surface area is 122 Å². The minimum Gasteiger partial charge on any atom is -0.305 e. The Morgan fingerprint density at radius 2 is 2.15 bits per heavy atom. The van der Waals surface area contributed by atoms with Crippen LogP contribution in [0.3, 0.4) is 0 Å². The second kappa shape index (κ2) is 5.64. The van der Waals surface area contributed by atoms with E-state index in [0.717, 1.165) is 28.8 Å². The molecule has 0 bridgehead atoms. The van der Waals surface area contributed by atoms with Crippen molar-refractivity contribution >= 4 is 22.4 Å². The number of benzene rings is 1. The van der Waals surface area contributed by atoms with Gasteiger partial charge in [-0.15, -0.1) is 5.10 Å². The van der Waals surface area contributed by atoms with E-state index in [1.165, 1.54) is 17.1 Å². The summed E-state index contributed by atoms with van der Waals surface area (Å²) in [5.74, 6) is 0. The third-order valence-corrected chi connectivity index (χ3v) is 3.79. The summed E-state index contributed by atoms with van der Waals surface area (Å²) in [4.78, 5) is 4.54. The van der Waals surface area contributed by atoms with Crippen molar-refractivity contribution in [2.75, 3.05) is 6.54 Å². The fourth-order valence-electron chi connectivity index (χ4n) is 2.32. The van der Waals surface area contributed by atoms with Crippen LogP contribution in [0.25, 0.3) is 10.9 Å². The molecule has 1 N–H and O–H groups in total. The van der Waals surface area contributed by atoms with Crippen LogP contribution in [0, 0.1) is 6.92 Å². The van der Waals surface area contributed by atoms with Crippen LogP contribution < -0.4 is 5.32 Å². The van der Waals surface area contributed by atoms with Gasteiger partial charge in [-0.05, 0) is 48.8 Å². The van der Waals surface area contributed by atoms with Crippen molar-refractivity contribution in [2.45, 2.75) is 19.9 Å². The SMILES string of the molecule is CCNC(c1ccc2nc(C)ccc2c1)c1csnn1. The number of aromatic nitrogens is 3. The first kappa shape index (κ1) is 13.1. The zero-order chi connectivity index (χ0) is 13.9. The second-order valence-electron chi connectivity index (χ2n) is 4.73. The summed E-state index contributed by atoms with van der Waals surface area (Å²) in [6, 6.07) is 10.6. The maximum Gasteiger partial charge on any atom is 0.0970 e. The molecule has 0 saturated heterocycles. The molecule has 2 heterocycles.